The van der Waals surface area contributed by atoms with Crippen LogP contribution in [0, 0.1) is 27.7 Å². The molecule has 2 rings (SSSR count). The second-order valence-corrected chi connectivity index (χ2v) is 6.55. The van der Waals surface area contributed by atoms with E-state index in [1.807, 2.05) is 0 Å². The van der Waals surface area contributed by atoms with Crippen molar-refractivity contribution in [2.45, 2.75) is 40.7 Å². The highest BCUT2D eigenvalue weighted by atomic mass is 79.9. The van der Waals surface area contributed by atoms with Crippen LogP contribution in [0.15, 0.2) is 34.8 Å². The van der Waals surface area contributed by atoms with Gasteiger partial charge in [-0.1, -0.05) is 53.2 Å². The van der Waals surface area contributed by atoms with Gasteiger partial charge in [-0.25, -0.2) is 0 Å². The van der Waals surface area contributed by atoms with E-state index in [1.165, 1.54) is 37.9 Å². The Morgan fingerprint density at radius 2 is 1.57 bits per heavy atom. The molecule has 2 aromatic carbocycles. The minimum atomic E-state index is 0.226. The molecule has 0 aliphatic heterocycles. The van der Waals surface area contributed by atoms with Crippen molar-refractivity contribution in [1.29, 1.82) is 0 Å². The van der Waals surface area contributed by atoms with Gasteiger partial charge in [-0.15, -0.1) is 0 Å². The standard InChI is InChI=1S/C19H24BrN/c1-6-21-19(16-9-7-8-12(2)18(16)20)17-11-14(4)13(3)10-15(17)5/h7-11,19,21H,6H2,1-5H3. The molecule has 21 heavy (non-hydrogen) atoms. The predicted octanol–water partition coefficient (Wildman–Crippen LogP) is 5.38. The molecule has 0 fully saturated rings. The van der Waals surface area contributed by atoms with Gasteiger partial charge in [-0.2, -0.15) is 0 Å². The Bertz CT molecular complexity index is 646. The first-order valence-corrected chi connectivity index (χ1v) is 8.31. The first kappa shape index (κ1) is 16.3. The monoisotopic (exact) mass is 345 g/mol. The molecule has 1 nitrogen and oxygen atoms in total. The van der Waals surface area contributed by atoms with Crippen molar-refractivity contribution in [3.63, 3.8) is 0 Å². The van der Waals surface area contributed by atoms with Crippen molar-refractivity contribution in [3.8, 4) is 0 Å². The van der Waals surface area contributed by atoms with Crippen LogP contribution >= 0.6 is 15.9 Å². The maximum absolute atomic E-state index is 3.77. The van der Waals surface area contributed by atoms with E-state index in [2.05, 4.69) is 86.2 Å². The van der Waals surface area contributed by atoms with E-state index in [0.717, 1.165) is 6.54 Å². The van der Waals surface area contributed by atoms with Crippen molar-refractivity contribution in [2.75, 3.05) is 6.54 Å². The third kappa shape index (κ3) is 3.38. The lowest BCUT2D eigenvalue weighted by Gasteiger charge is -2.24. The van der Waals surface area contributed by atoms with Crippen molar-refractivity contribution >= 4 is 15.9 Å². The molecule has 0 spiro atoms. The highest BCUT2D eigenvalue weighted by molar-refractivity contribution is 9.10. The number of nitrogens with one attached hydrogen (secondary N) is 1. The van der Waals surface area contributed by atoms with Crippen LogP contribution in [0.3, 0.4) is 0 Å². The molecule has 2 aromatic rings. The summed E-state index contributed by atoms with van der Waals surface area (Å²) in [6.07, 6.45) is 0. The van der Waals surface area contributed by atoms with Gasteiger partial charge in [-0.3, -0.25) is 0 Å². The predicted molar refractivity (Wildman–Crippen MR) is 95.1 cm³/mol. The van der Waals surface area contributed by atoms with Crippen LogP contribution in [-0.2, 0) is 0 Å². The summed E-state index contributed by atoms with van der Waals surface area (Å²) < 4.78 is 1.20. The fourth-order valence-corrected chi connectivity index (χ4v) is 3.27. The Hall–Kier alpha value is -1.12. The highest BCUT2D eigenvalue weighted by Gasteiger charge is 2.19. The summed E-state index contributed by atoms with van der Waals surface area (Å²) in [5, 5.41) is 3.64. The van der Waals surface area contributed by atoms with Gasteiger partial charge in [0.25, 0.3) is 0 Å². The molecule has 1 atom stereocenters. The largest absolute Gasteiger partial charge is 0.306 e. The molecule has 0 amide bonds. The molecule has 2 heteroatoms. The summed E-state index contributed by atoms with van der Waals surface area (Å²) in [7, 11) is 0. The fraction of sp³-hybridized carbons (Fsp3) is 0.368. The molecular weight excluding hydrogens is 322 g/mol. The summed E-state index contributed by atoms with van der Waals surface area (Å²) in [4.78, 5) is 0. The summed E-state index contributed by atoms with van der Waals surface area (Å²) in [6.45, 7) is 11.8. The summed E-state index contributed by atoms with van der Waals surface area (Å²) in [5.74, 6) is 0. The maximum Gasteiger partial charge on any atom is 0.0590 e. The van der Waals surface area contributed by atoms with Crippen LogP contribution in [0.25, 0.3) is 0 Å². The molecule has 0 saturated carbocycles. The number of rotatable bonds is 4. The topological polar surface area (TPSA) is 12.0 Å². The van der Waals surface area contributed by atoms with Gasteiger partial charge in [0.15, 0.2) is 0 Å². The number of benzene rings is 2. The average molecular weight is 346 g/mol. The SMILES string of the molecule is CCNC(c1cc(C)c(C)cc1C)c1cccc(C)c1Br. The zero-order chi connectivity index (χ0) is 15.6. The lowest BCUT2D eigenvalue weighted by atomic mass is 9.91. The summed E-state index contributed by atoms with van der Waals surface area (Å²) in [6, 6.07) is 11.3. The Labute approximate surface area is 136 Å². The van der Waals surface area contributed by atoms with Crippen LogP contribution in [0.5, 0.6) is 0 Å². The maximum atomic E-state index is 3.77. The second-order valence-electron chi connectivity index (χ2n) is 5.76. The van der Waals surface area contributed by atoms with E-state index < -0.39 is 0 Å². The van der Waals surface area contributed by atoms with Gasteiger partial charge in [0.1, 0.15) is 0 Å². The molecule has 0 heterocycles. The van der Waals surface area contributed by atoms with Crippen LogP contribution < -0.4 is 5.32 Å². The van der Waals surface area contributed by atoms with Crippen molar-refractivity contribution in [2.24, 2.45) is 0 Å². The van der Waals surface area contributed by atoms with E-state index in [9.17, 15) is 0 Å². The normalized spacial score (nSPS) is 12.5. The molecule has 0 radical (unpaired) electrons. The Kier molecular flexibility index (Phi) is 5.23. The Morgan fingerprint density at radius 3 is 2.24 bits per heavy atom. The van der Waals surface area contributed by atoms with Crippen LogP contribution in [0.1, 0.15) is 46.3 Å². The zero-order valence-electron chi connectivity index (χ0n) is 13.5. The number of halogens is 1. The van der Waals surface area contributed by atoms with Gasteiger partial charge in [0, 0.05) is 4.47 Å². The first-order valence-electron chi connectivity index (χ1n) is 7.51. The van der Waals surface area contributed by atoms with E-state index in [4.69, 9.17) is 0 Å². The van der Waals surface area contributed by atoms with Gasteiger partial charge in [0.2, 0.25) is 0 Å². The molecular formula is C19H24BrN. The molecule has 1 unspecified atom stereocenters. The average Bonchev–Trinajstić information content (AvgIpc) is 2.44. The first-order chi connectivity index (χ1) is 9.95. The van der Waals surface area contributed by atoms with Crippen LogP contribution in [-0.4, -0.2) is 6.54 Å². The molecule has 0 aromatic heterocycles. The molecule has 0 aliphatic rings. The molecule has 0 aliphatic carbocycles. The van der Waals surface area contributed by atoms with Crippen molar-refractivity contribution in [1.82, 2.24) is 5.32 Å². The van der Waals surface area contributed by atoms with E-state index in [-0.39, 0.29) is 6.04 Å². The second kappa shape index (κ2) is 6.76. The fourth-order valence-electron chi connectivity index (χ4n) is 2.78. The molecule has 0 saturated heterocycles. The summed E-state index contributed by atoms with van der Waals surface area (Å²) in [5.41, 5.74) is 8.00. The number of hydrogen-bond donors (Lipinski definition) is 1. The minimum Gasteiger partial charge on any atom is -0.306 e. The summed E-state index contributed by atoms with van der Waals surface area (Å²) >= 11 is 3.77. The molecule has 112 valence electrons. The van der Waals surface area contributed by atoms with Gasteiger partial charge in [-0.05, 0) is 67.6 Å². The van der Waals surface area contributed by atoms with Crippen molar-refractivity contribution in [3.05, 3.63) is 68.2 Å². The molecule has 0 bridgehead atoms. The van der Waals surface area contributed by atoms with Crippen molar-refractivity contribution < 1.29 is 0 Å². The van der Waals surface area contributed by atoms with E-state index in [0.29, 0.717) is 0 Å². The Morgan fingerprint density at radius 1 is 0.905 bits per heavy atom. The Balaban J connectivity index is 2.59. The van der Waals surface area contributed by atoms with Gasteiger partial charge < -0.3 is 5.32 Å². The third-order valence-electron chi connectivity index (χ3n) is 4.13. The van der Waals surface area contributed by atoms with E-state index in [1.54, 1.807) is 0 Å². The molecule has 1 N–H and O–H groups in total. The third-order valence-corrected chi connectivity index (χ3v) is 5.22. The number of hydrogen-bond acceptors (Lipinski definition) is 1. The van der Waals surface area contributed by atoms with Gasteiger partial charge >= 0.3 is 0 Å². The lowest BCUT2D eigenvalue weighted by molar-refractivity contribution is 0.624. The van der Waals surface area contributed by atoms with Crippen LogP contribution in [0.4, 0.5) is 0 Å². The number of aryl methyl sites for hydroxylation is 4. The quantitative estimate of drug-likeness (QED) is 0.783. The lowest BCUT2D eigenvalue weighted by Crippen LogP contribution is -2.23. The zero-order valence-corrected chi connectivity index (χ0v) is 15.1. The smallest absolute Gasteiger partial charge is 0.0590 e. The van der Waals surface area contributed by atoms with Gasteiger partial charge in [0.05, 0.1) is 6.04 Å². The highest BCUT2D eigenvalue weighted by Crippen LogP contribution is 2.33. The van der Waals surface area contributed by atoms with E-state index >= 15 is 0 Å². The minimum absolute atomic E-state index is 0.226. The van der Waals surface area contributed by atoms with Crippen LogP contribution in [0.2, 0.25) is 0 Å².